The first-order valence-electron chi connectivity index (χ1n) is 8.28. The smallest absolute Gasteiger partial charge is 0.407 e. The van der Waals surface area contributed by atoms with E-state index in [1.165, 1.54) is 11.1 Å². The molecule has 4 N–H and O–H groups in total. The molecule has 0 radical (unpaired) electrons. The van der Waals surface area contributed by atoms with Gasteiger partial charge in [-0.2, -0.15) is 0 Å². The molecule has 0 spiro atoms. The number of anilines is 1. The Balaban J connectivity index is 2.22. The van der Waals surface area contributed by atoms with Gasteiger partial charge in [-0.3, -0.25) is 4.99 Å². The lowest BCUT2D eigenvalue weighted by Crippen LogP contribution is -2.33. The maximum absolute atomic E-state index is 11.5. The second-order valence-electron chi connectivity index (χ2n) is 6.83. The third kappa shape index (κ3) is 8.41. The second-order valence-corrected chi connectivity index (χ2v) is 6.83. The number of aliphatic imine (C=N–C) groups is 1. The molecule has 0 aliphatic carbocycles. The van der Waals surface area contributed by atoms with Crippen molar-refractivity contribution < 1.29 is 9.53 Å². The fraction of sp³-hybridized carbons (Fsp3) is 0.556. The minimum Gasteiger partial charge on any atom is -0.444 e. The van der Waals surface area contributed by atoms with E-state index >= 15 is 0 Å². The fourth-order valence-corrected chi connectivity index (χ4v) is 1.95. The normalized spacial score (nSPS) is 12.0. The molecule has 1 amide bonds. The van der Waals surface area contributed by atoms with Crippen LogP contribution in [0.3, 0.4) is 0 Å². The van der Waals surface area contributed by atoms with E-state index in [9.17, 15) is 4.79 Å². The van der Waals surface area contributed by atoms with Gasteiger partial charge >= 0.3 is 6.09 Å². The van der Waals surface area contributed by atoms with Gasteiger partial charge in [-0.25, -0.2) is 4.79 Å². The highest BCUT2D eigenvalue weighted by atomic mass is 16.6. The van der Waals surface area contributed by atoms with E-state index in [0.717, 1.165) is 18.5 Å². The number of carbonyl (C=O) groups is 1. The predicted molar refractivity (Wildman–Crippen MR) is 99.5 cm³/mol. The number of nitrogens with two attached hydrogens (primary N) is 1. The molecule has 0 atom stereocenters. The van der Waals surface area contributed by atoms with Crippen molar-refractivity contribution in [1.29, 1.82) is 0 Å². The number of nitrogens with zero attached hydrogens (tertiary/aromatic N) is 1. The molecule has 0 aliphatic rings. The minimum absolute atomic E-state index is 0.387. The van der Waals surface area contributed by atoms with Gasteiger partial charge in [-0.1, -0.05) is 6.07 Å². The van der Waals surface area contributed by atoms with Crippen LogP contribution in [-0.2, 0) is 4.74 Å². The molecule has 0 saturated heterocycles. The van der Waals surface area contributed by atoms with Crippen LogP contribution in [0, 0.1) is 13.8 Å². The Morgan fingerprint density at radius 1 is 1.21 bits per heavy atom. The molecule has 0 fully saturated rings. The summed E-state index contributed by atoms with van der Waals surface area (Å²) in [4.78, 5) is 15.8. The van der Waals surface area contributed by atoms with Crippen molar-refractivity contribution in [3.63, 3.8) is 0 Å². The van der Waals surface area contributed by atoms with Gasteiger partial charge in [0.2, 0.25) is 0 Å². The van der Waals surface area contributed by atoms with Crippen molar-refractivity contribution in [2.45, 2.75) is 53.1 Å². The zero-order valence-electron chi connectivity index (χ0n) is 15.4. The Hall–Kier alpha value is -2.24. The van der Waals surface area contributed by atoms with Crippen LogP contribution in [0.25, 0.3) is 0 Å². The van der Waals surface area contributed by atoms with Crippen LogP contribution in [0.1, 0.15) is 44.7 Å². The van der Waals surface area contributed by atoms with Crippen molar-refractivity contribution in [3.05, 3.63) is 29.3 Å². The van der Waals surface area contributed by atoms with Crippen molar-refractivity contribution in [1.82, 2.24) is 5.32 Å². The lowest BCUT2D eigenvalue weighted by atomic mass is 10.1. The maximum atomic E-state index is 11.5. The SMILES string of the molecule is Cc1ccc(NC(N)=NCCCCNC(=O)OC(C)(C)C)cc1C. The zero-order valence-corrected chi connectivity index (χ0v) is 15.4. The molecule has 0 bridgehead atoms. The minimum atomic E-state index is -0.469. The maximum Gasteiger partial charge on any atom is 0.407 e. The molecule has 0 heterocycles. The third-order valence-electron chi connectivity index (χ3n) is 3.31. The number of aryl methyl sites for hydroxylation is 2. The van der Waals surface area contributed by atoms with Crippen molar-refractivity contribution >= 4 is 17.7 Å². The average Bonchev–Trinajstić information content (AvgIpc) is 2.44. The molecule has 0 aromatic heterocycles. The zero-order chi connectivity index (χ0) is 18.2. The first-order valence-corrected chi connectivity index (χ1v) is 8.28. The summed E-state index contributed by atoms with van der Waals surface area (Å²) in [5.41, 5.74) is 8.80. The molecule has 1 aromatic carbocycles. The number of carbonyl (C=O) groups excluding carboxylic acids is 1. The molecule has 1 rings (SSSR count). The van der Waals surface area contributed by atoms with Gasteiger partial charge in [0.25, 0.3) is 0 Å². The van der Waals surface area contributed by atoms with E-state index < -0.39 is 5.60 Å². The Morgan fingerprint density at radius 2 is 1.92 bits per heavy atom. The van der Waals surface area contributed by atoms with Crippen molar-refractivity contribution in [2.75, 3.05) is 18.4 Å². The largest absolute Gasteiger partial charge is 0.444 e. The van der Waals surface area contributed by atoms with Crippen molar-refractivity contribution in [3.8, 4) is 0 Å². The average molecular weight is 334 g/mol. The van der Waals surface area contributed by atoms with Gasteiger partial charge in [-0.05, 0) is 70.7 Å². The van der Waals surface area contributed by atoms with E-state index in [1.54, 1.807) is 0 Å². The molecular formula is C18H30N4O2. The van der Waals surface area contributed by atoms with E-state index in [0.29, 0.717) is 19.0 Å². The summed E-state index contributed by atoms with van der Waals surface area (Å²) >= 11 is 0. The van der Waals surface area contributed by atoms with Gasteiger partial charge in [0.05, 0.1) is 0 Å². The number of amides is 1. The summed E-state index contributed by atoms with van der Waals surface area (Å²) in [6, 6.07) is 6.07. The number of nitrogens with one attached hydrogen (secondary N) is 2. The van der Waals surface area contributed by atoms with Crippen LogP contribution < -0.4 is 16.4 Å². The topological polar surface area (TPSA) is 88.7 Å². The number of hydrogen-bond donors (Lipinski definition) is 3. The summed E-state index contributed by atoms with van der Waals surface area (Å²) in [6.45, 7) is 10.8. The Morgan fingerprint density at radius 3 is 2.54 bits per heavy atom. The summed E-state index contributed by atoms with van der Waals surface area (Å²) in [5.74, 6) is 0.401. The number of hydrogen-bond acceptors (Lipinski definition) is 3. The first-order chi connectivity index (χ1) is 11.2. The Labute approximate surface area is 144 Å². The molecule has 134 valence electrons. The monoisotopic (exact) mass is 334 g/mol. The van der Waals surface area contributed by atoms with Crippen LogP contribution in [0.2, 0.25) is 0 Å². The second kappa shape index (κ2) is 9.15. The number of alkyl carbamates (subject to hydrolysis) is 1. The summed E-state index contributed by atoms with van der Waals surface area (Å²) < 4.78 is 5.16. The van der Waals surface area contributed by atoms with E-state index in [-0.39, 0.29) is 6.09 Å². The predicted octanol–water partition coefficient (Wildman–Crippen LogP) is 3.33. The van der Waals surface area contributed by atoms with Crippen LogP contribution in [0.4, 0.5) is 10.5 Å². The highest BCUT2D eigenvalue weighted by Crippen LogP contribution is 2.13. The lowest BCUT2D eigenvalue weighted by molar-refractivity contribution is 0.0527. The highest BCUT2D eigenvalue weighted by Gasteiger charge is 2.15. The van der Waals surface area contributed by atoms with Crippen molar-refractivity contribution in [2.24, 2.45) is 10.7 Å². The van der Waals surface area contributed by atoms with E-state index in [2.05, 4.69) is 29.5 Å². The summed E-state index contributed by atoms with van der Waals surface area (Å²) in [7, 11) is 0. The third-order valence-corrected chi connectivity index (χ3v) is 3.31. The molecule has 1 aromatic rings. The number of ether oxygens (including phenoxy) is 1. The van der Waals surface area contributed by atoms with Gasteiger partial charge in [0.1, 0.15) is 5.60 Å². The number of rotatable bonds is 6. The molecule has 0 saturated carbocycles. The Bertz CT molecular complexity index is 577. The first kappa shape index (κ1) is 19.8. The molecule has 6 nitrogen and oxygen atoms in total. The molecular weight excluding hydrogens is 304 g/mol. The fourth-order valence-electron chi connectivity index (χ4n) is 1.95. The van der Waals surface area contributed by atoms with Crippen LogP contribution in [0.15, 0.2) is 23.2 Å². The number of guanidine groups is 1. The Kier molecular flexibility index (Phi) is 7.55. The van der Waals surface area contributed by atoms with Crippen LogP contribution in [-0.4, -0.2) is 30.7 Å². The molecule has 24 heavy (non-hydrogen) atoms. The van der Waals surface area contributed by atoms with Gasteiger partial charge in [-0.15, -0.1) is 0 Å². The molecule has 0 aliphatic heterocycles. The van der Waals surface area contributed by atoms with Crippen LogP contribution in [0.5, 0.6) is 0 Å². The molecule has 6 heteroatoms. The van der Waals surface area contributed by atoms with Crippen LogP contribution >= 0.6 is 0 Å². The van der Waals surface area contributed by atoms with Gasteiger partial charge in [0, 0.05) is 18.8 Å². The molecule has 0 unspecified atom stereocenters. The van der Waals surface area contributed by atoms with E-state index in [4.69, 9.17) is 10.5 Å². The summed E-state index contributed by atoms with van der Waals surface area (Å²) in [5, 5.41) is 5.80. The quantitative estimate of drug-likeness (QED) is 0.423. The number of unbranched alkanes of at least 4 members (excludes halogenated alkanes) is 1. The lowest BCUT2D eigenvalue weighted by Gasteiger charge is -2.19. The van der Waals surface area contributed by atoms with E-state index in [1.807, 2.05) is 39.0 Å². The van der Waals surface area contributed by atoms with Gasteiger partial charge < -0.3 is 21.1 Å². The standard InChI is InChI=1S/C18H30N4O2/c1-13-8-9-15(12-14(13)2)22-16(19)20-10-6-7-11-21-17(23)24-18(3,4)5/h8-9,12H,6-7,10-11H2,1-5H3,(H,21,23)(H3,19,20,22). The van der Waals surface area contributed by atoms with Gasteiger partial charge in [0.15, 0.2) is 5.96 Å². The summed E-state index contributed by atoms with van der Waals surface area (Å²) in [6.07, 6.45) is 1.27. The number of benzene rings is 1. The highest BCUT2D eigenvalue weighted by molar-refractivity contribution is 5.92.